The zero-order valence-corrected chi connectivity index (χ0v) is 13.3. The molecule has 0 amide bonds. The molecule has 1 aromatic heterocycles. The maximum absolute atomic E-state index is 10.5. The van der Waals surface area contributed by atoms with Crippen LogP contribution in [0.4, 0.5) is 11.5 Å². The van der Waals surface area contributed by atoms with E-state index in [0.29, 0.717) is 12.1 Å². The van der Waals surface area contributed by atoms with Gasteiger partial charge >= 0.3 is 5.97 Å². The van der Waals surface area contributed by atoms with Gasteiger partial charge in [-0.3, -0.25) is 4.79 Å². The van der Waals surface area contributed by atoms with Crippen molar-refractivity contribution in [2.24, 2.45) is 5.73 Å². The number of nitrogens with one attached hydrogen (secondary N) is 1. The van der Waals surface area contributed by atoms with Gasteiger partial charge in [-0.2, -0.15) is 0 Å². The van der Waals surface area contributed by atoms with E-state index in [1.807, 2.05) is 0 Å². The molecule has 0 aliphatic carbocycles. The Morgan fingerprint density at radius 2 is 2.00 bits per heavy atom. The van der Waals surface area contributed by atoms with Crippen LogP contribution in [0.1, 0.15) is 19.3 Å². The van der Waals surface area contributed by atoms with E-state index in [-0.39, 0.29) is 37.2 Å². The molecular weight excluding hydrogens is 327 g/mol. The third kappa shape index (κ3) is 9.91. The van der Waals surface area contributed by atoms with E-state index in [0.717, 1.165) is 25.2 Å². The van der Waals surface area contributed by atoms with E-state index < -0.39 is 12.0 Å². The molecular formula is C11H21Cl3N4O2. The molecule has 20 heavy (non-hydrogen) atoms. The number of carboxylic acid groups (broad SMARTS) is 1. The molecule has 9 heteroatoms. The number of aliphatic carboxylic acids is 1. The van der Waals surface area contributed by atoms with Gasteiger partial charge in [-0.25, -0.2) is 4.98 Å². The fourth-order valence-electron chi connectivity index (χ4n) is 1.37. The number of hydrogen-bond donors (Lipinski definition) is 4. The van der Waals surface area contributed by atoms with E-state index in [4.69, 9.17) is 16.6 Å². The Balaban J connectivity index is -0.000000963. The second kappa shape index (κ2) is 13.1. The largest absolute Gasteiger partial charge is 0.480 e. The zero-order valence-electron chi connectivity index (χ0n) is 10.8. The fourth-order valence-corrected chi connectivity index (χ4v) is 1.37. The maximum atomic E-state index is 10.5. The first-order valence-corrected chi connectivity index (χ1v) is 5.53. The summed E-state index contributed by atoms with van der Waals surface area (Å²) in [7, 11) is 0. The zero-order chi connectivity index (χ0) is 12.7. The summed E-state index contributed by atoms with van der Waals surface area (Å²) in [5.41, 5.74) is 11.6. The highest BCUT2D eigenvalue weighted by Gasteiger charge is 2.09. The number of nitrogens with zero attached hydrogens (tertiary/aromatic N) is 1. The Kier molecular flexibility index (Phi) is 15.7. The highest BCUT2D eigenvalue weighted by atomic mass is 35.5. The molecule has 0 unspecified atom stereocenters. The average molecular weight is 348 g/mol. The van der Waals surface area contributed by atoms with Gasteiger partial charge < -0.3 is 21.9 Å². The molecule has 118 valence electrons. The van der Waals surface area contributed by atoms with Crippen molar-refractivity contribution in [1.29, 1.82) is 0 Å². The predicted molar refractivity (Wildman–Crippen MR) is 88.3 cm³/mol. The number of anilines is 2. The van der Waals surface area contributed by atoms with Crippen LogP contribution in [0.2, 0.25) is 0 Å². The molecule has 1 aromatic rings. The van der Waals surface area contributed by atoms with Crippen LogP contribution in [0.5, 0.6) is 0 Å². The molecule has 0 aliphatic rings. The van der Waals surface area contributed by atoms with Crippen molar-refractivity contribution in [2.45, 2.75) is 25.3 Å². The first kappa shape index (κ1) is 24.1. The second-order valence-corrected chi connectivity index (χ2v) is 3.84. The SMILES string of the molecule is Cl.Cl.Cl.Nc1ccnc(NCCCC[C@H](N)C(=O)O)c1. The summed E-state index contributed by atoms with van der Waals surface area (Å²) >= 11 is 0. The average Bonchev–Trinajstić information content (AvgIpc) is 2.28. The number of nitrogens with two attached hydrogens (primary N) is 2. The third-order valence-corrected chi connectivity index (χ3v) is 2.35. The van der Waals surface area contributed by atoms with Crippen molar-refractivity contribution >= 4 is 54.7 Å². The van der Waals surface area contributed by atoms with Crippen LogP contribution >= 0.6 is 37.2 Å². The number of hydrogen-bond acceptors (Lipinski definition) is 5. The molecule has 0 saturated carbocycles. The quantitative estimate of drug-likeness (QED) is 0.560. The Hall–Kier alpha value is -0.950. The minimum atomic E-state index is -0.949. The normalized spacial score (nSPS) is 10.2. The lowest BCUT2D eigenvalue weighted by Gasteiger charge is -2.07. The summed E-state index contributed by atoms with van der Waals surface area (Å²) in [5.74, 6) is -0.219. The van der Waals surface area contributed by atoms with Crippen LogP contribution < -0.4 is 16.8 Å². The van der Waals surface area contributed by atoms with Crippen LogP contribution in [0, 0.1) is 0 Å². The molecule has 1 heterocycles. The minimum absolute atomic E-state index is 0. The lowest BCUT2D eigenvalue weighted by atomic mass is 10.1. The monoisotopic (exact) mass is 346 g/mol. The van der Waals surface area contributed by atoms with Crippen molar-refractivity contribution in [3.8, 4) is 0 Å². The molecule has 0 saturated heterocycles. The van der Waals surface area contributed by atoms with E-state index in [2.05, 4.69) is 10.3 Å². The number of nitrogen functional groups attached to an aromatic ring is 1. The smallest absolute Gasteiger partial charge is 0.320 e. The fraction of sp³-hybridized carbons (Fsp3) is 0.455. The van der Waals surface area contributed by atoms with Crippen LogP contribution in [0.3, 0.4) is 0 Å². The Morgan fingerprint density at radius 3 is 2.55 bits per heavy atom. The van der Waals surface area contributed by atoms with Crippen molar-refractivity contribution < 1.29 is 9.90 Å². The molecule has 6 N–H and O–H groups in total. The molecule has 0 radical (unpaired) electrons. The summed E-state index contributed by atoms with van der Waals surface area (Å²) in [6, 6.07) is 2.71. The summed E-state index contributed by atoms with van der Waals surface area (Å²) in [4.78, 5) is 14.5. The third-order valence-electron chi connectivity index (χ3n) is 2.35. The van der Waals surface area contributed by atoms with Gasteiger partial charge in [0.25, 0.3) is 0 Å². The highest BCUT2D eigenvalue weighted by Crippen LogP contribution is 2.08. The highest BCUT2D eigenvalue weighted by molar-refractivity contribution is 5.86. The van der Waals surface area contributed by atoms with Gasteiger partial charge in [-0.05, 0) is 25.3 Å². The van der Waals surface area contributed by atoms with E-state index in [1.54, 1.807) is 18.3 Å². The van der Waals surface area contributed by atoms with Gasteiger partial charge in [0.1, 0.15) is 11.9 Å². The second-order valence-electron chi connectivity index (χ2n) is 3.84. The summed E-state index contributed by atoms with van der Waals surface area (Å²) < 4.78 is 0. The van der Waals surface area contributed by atoms with E-state index in [9.17, 15) is 4.79 Å². The molecule has 0 aromatic carbocycles. The van der Waals surface area contributed by atoms with Crippen LogP contribution in [0.15, 0.2) is 18.3 Å². The van der Waals surface area contributed by atoms with Crippen molar-refractivity contribution in [3.63, 3.8) is 0 Å². The van der Waals surface area contributed by atoms with Gasteiger partial charge in [-0.1, -0.05) is 0 Å². The van der Waals surface area contributed by atoms with Crippen molar-refractivity contribution in [1.82, 2.24) is 4.98 Å². The number of aromatic nitrogens is 1. The first-order chi connectivity index (χ1) is 8.09. The summed E-state index contributed by atoms with van der Waals surface area (Å²) in [6.07, 6.45) is 3.74. The molecule has 1 rings (SSSR count). The minimum Gasteiger partial charge on any atom is -0.480 e. The standard InChI is InChI=1S/C11H18N4O2.3ClH/c12-8-4-6-15-10(7-8)14-5-2-1-3-9(13)11(16)17;;;/h4,6-7,9H,1-3,5,13H2,(H,16,17)(H3,12,14,15);3*1H/t9-;;;/m0.../s1. The first-order valence-electron chi connectivity index (χ1n) is 5.53. The van der Waals surface area contributed by atoms with Gasteiger partial charge in [0, 0.05) is 24.5 Å². The topological polar surface area (TPSA) is 114 Å². The summed E-state index contributed by atoms with van der Waals surface area (Å²) in [5, 5.41) is 11.7. The Bertz CT molecular complexity index is 382. The van der Waals surface area contributed by atoms with Crippen LogP contribution in [-0.4, -0.2) is 28.6 Å². The lowest BCUT2D eigenvalue weighted by Crippen LogP contribution is -2.29. The number of carbonyl (C=O) groups is 1. The van der Waals surface area contributed by atoms with E-state index >= 15 is 0 Å². The maximum Gasteiger partial charge on any atom is 0.320 e. The lowest BCUT2D eigenvalue weighted by molar-refractivity contribution is -0.138. The van der Waals surface area contributed by atoms with Gasteiger partial charge in [0.05, 0.1) is 0 Å². The summed E-state index contributed by atoms with van der Waals surface area (Å²) in [6.45, 7) is 0.725. The van der Waals surface area contributed by atoms with Crippen molar-refractivity contribution in [3.05, 3.63) is 18.3 Å². The van der Waals surface area contributed by atoms with Crippen LogP contribution in [-0.2, 0) is 4.79 Å². The number of rotatable bonds is 7. The van der Waals surface area contributed by atoms with Crippen molar-refractivity contribution in [2.75, 3.05) is 17.6 Å². The molecule has 6 nitrogen and oxygen atoms in total. The molecule has 0 spiro atoms. The van der Waals surface area contributed by atoms with Gasteiger partial charge in [-0.15, -0.1) is 37.2 Å². The number of pyridine rings is 1. The van der Waals surface area contributed by atoms with Gasteiger partial charge in [0.15, 0.2) is 0 Å². The van der Waals surface area contributed by atoms with Gasteiger partial charge in [0.2, 0.25) is 0 Å². The predicted octanol–water partition coefficient (Wildman–Crippen LogP) is 1.92. The Morgan fingerprint density at radius 1 is 1.35 bits per heavy atom. The number of carboxylic acids is 1. The number of halogens is 3. The molecule has 0 fully saturated rings. The molecule has 0 bridgehead atoms. The van der Waals surface area contributed by atoms with Crippen LogP contribution in [0.25, 0.3) is 0 Å². The van der Waals surface area contributed by atoms with E-state index in [1.165, 1.54) is 0 Å². The molecule has 0 aliphatic heterocycles. The molecule has 1 atom stereocenters. The Labute approximate surface area is 136 Å². The number of unbranched alkanes of at least 4 members (excludes halogenated alkanes) is 1.